The topological polar surface area (TPSA) is 96.3 Å². The Balaban J connectivity index is 2.27. The highest BCUT2D eigenvalue weighted by molar-refractivity contribution is 7.92. The number of nitrogens with zero attached hydrogens (tertiary/aromatic N) is 1. The van der Waals surface area contributed by atoms with E-state index in [-0.39, 0.29) is 28.3 Å². The minimum absolute atomic E-state index is 0.0155. The lowest BCUT2D eigenvalue weighted by Crippen LogP contribution is -2.14. The Labute approximate surface area is 134 Å². The first-order valence-electron chi connectivity index (χ1n) is 6.77. The molecule has 2 aromatic carbocycles. The molecule has 0 unspecified atom stereocenters. The van der Waals surface area contributed by atoms with E-state index in [1.165, 1.54) is 36.4 Å². The van der Waals surface area contributed by atoms with Crippen molar-refractivity contribution in [1.29, 1.82) is 5.26 Å². The van der Waals surface area contributed by atoms with Crippen LogP contribution in [0.15, 0.2) is 53.4 Å². The number of sulfonamides is 1. The van der Waals surface area contributed by atoms with Crippen LogP contribution in [0.3, 0.4) is 0 Å². The molecule has 118 valence electrons. The molecule has 6 nitrogen and oxygen atoms in total. The lowest BCUT2D eigenvalue weighted by atomic mass is 10.2. The molecule has 0 bridgehead atoms. The molecule has 0 aromatic heterocycles. The molecule has 0 spiro atoms. The zero-order chi connectivity index (χ0) is 16.9. The molecule has 0 aliphatic rings. The largest absolute Gasteiger partial charge is 0.462 e. The van der Waals surface area contributed by atoms with Crippen LogP contribution >= 0.6 is 0 Å². The number of hydrogen-bond acceptors (Lipinski definition) is 5. The molecule has 2 rings (SSSR count). The fraction of sp³-hybridized carbons (Fsp3) is 0.125. The van der Waals surface area contributed by atoms with E-state index >= 15 is 0 Å². The number of hydrogen-bond donors (Lipinski definition) is 1. The summed E-state index contributed by atoms with van der Waals surface area (Å²) in [5, 5.41) is 9.00. The van der Waals surface area contributed by atoms with E-state index in [9.17, 15) is 13.2 Å². The molecule has 7 heteroatoms. The fourth-order valence-corrected chi connectivity index (χ4v) is 2.94. The minimum atomic E-state index is -3.85. The van der Waals surface area contributed by atoms with Gasteiger partial charge in [-0.25, -0.2) is 13.2 Å². The number of carbonyl (C=O) groups is 1. The van der Waals surface area contributed by atoms with E-state index in [0.29, 0.717) is 0 Å². The molecule has 23 heavy (non-hydrogen) atoms. The van der Waals surface area contributed by atoms with E-state index in [4.69, 9.17) is 10.00 Å². The SMILES string of the molecule is CCOC(=O)c1ccc(S(=O)(=O)Nc2ccccc2C#N)cc1. The first-order chi connectivity index (χ1) is 11.0. The van der Waals surface area contributed by atoms with Crippen molar-refractivity contribution in [1.82, 2.24) is 0 Å². The lowest BCUT2D eigenvalue weighted by molar-refractivity contribution is 0.0526. The second kappa shape index (κ2) is 6.94. The maximum absolute atomic E-state index is 12.3. The maximum atomic E-state index is 12.3. The van der Waals surface area contributed by atoms with Crippen molar-refractivity contribution < 1.29 is 17.9 Å². The summed E-state index contributed by atoms with van der Waals surface area (Å²) < 4.78 is 31.9. The van der Waals surface area contributed by atoms with E-state index < -0.39 is 16.0 Å². The molecule has 1 N–H and O–H groups in total. The third-order valence-corrected chi connectivity index (χ3v) is 4.35. The molecule has 2 aromatic rings. The van der Waals surface area contributed by atoms with Crippen LogP contribution in [0.5, 0.6) is 0 Å². The average molecular weight is 330 g/mol. The van der Waals surface area contributed by atoms with Gasteiger partial charge in [-0.15, -0.1) is 0 Å². The Morgan fingerprint density at radius 3 is 2.43 bits per heavy atom. The number of anilines is 1. The predicted octanol–water partition coefficient (Wildman–Crippen LogP) is 2.54. The molecule has 0 saturated heterocycles. The zero-order valence-electron chi connectivity index (χ0n) is 12.3. The summed E-state index contributed by atoms with van der Waals surface area (Å²) in [4.78, 5) is 11.5. The Hall–Kier alpha value is -2.85. The number of carbonyl (C=O) groups excluding carboxylic acids is 1. The maximum Gasteiger partial charge on any atom is 0.338 e. The first kappa shape index (κ1) is 16.5. The van der Waals surface area contributed by atoms with Crippen molar-refractivity contribution in [3.05, 3.63) is 59.7 Å². The van der Waals surface area contributed by atoms with Gasteiger partial charge in [-0.05, 0) is 43.3 Å². The highest BCUT2D eigenvalue weighted by Crippen LogP contribution is 2.20. The van der Waals surface area contributed by atoms with Crippen molar-refractivity contribution in [3.63, 3.8) is 0 Å². The van der Waals surface area contributed by atoms with E-state index in [0.717, 1.165) is 0 Å². The predicted molar refractivity (Wildman–Crippen MR) is 84.4 cm³/mol. The highest BCUT2D eigenvalue weighted by atomic mass is 32.2. The van der Waals surface area contributed by atoms with Crippen molar-refractivity contribution in [2.24, 2.45) is 0 Å². The van der Waals surface area contributed by atoms with Crippen LogP contribution in [0.25, 0.3) is 0 Å². The number of nitriles is 1. The molecule has 0 aliphatic heterocycles. The van der Waals surface area contributed by atoms with Gasteiger partial charge in [-0.3, -0.25) is 4.72 Å². The van der Waals surface area contributed by atoms with Crippen LogP contribution in [0.2, 0.25) is 0 Å². The van der Waals surface area contributed by atoms with Crippen molar-refractivity contribution in [2.75, 3.05) is 11.3 Å². The van der Waals surface area contributed by atoms with Gasteiger partial charge in [-0.2, -0.15) is 5.26 Å². The molecular weight excluding hydrogens is 316 g/mol. The molecule has 0 saturated carbocycles. The van der Waals surface area contributed by atoms with Crippen molar-refractivity contribution in [3.8, 4) is 6.07 Å². The van der Waals surface area contributed by atoms with Gasteiger partial charge < -0.3 is 4.74 Å². The third kappa shape index (κ3) is 3.87. The van der Waals surface area contributed by atoms with Gasteiger partial charge in [0.15, 0.2) is 0 Å². The highest BCUT2D eigenvalue weighted by Gasteiger charge is 2.17. The number of benzene rings is 2. The fourth-order valence-electron chi connectivity index (χ4n) is 1.86. The molecule has 0 radical (unpaired) electrons. The Morgan fingerprint density at radius 1 is 1.17 bits per heavy atom. The number of para-hydroxylation sites is 1. The Bertz CT molecular complexity index is 852. The average Bonchev–Trinajstić information content (AvgIpc) is 2.55. The number of nitrogens with one attached hydrogen (secondary N) is 1. The second-order valence-electron chi connectivity index (χ2n) is 4.51. The summed E-state index contributed by atoms with van der Waals surface area (Å²) in [5.74, 6) is -0.515. The van der Waals surface area contributed by atoms with E-state index in [2.05, 4.69) is 4.72 Å². The number of esters is 1. The molecule has 0 amide bonds. The van der Waals surface area contributed by atoms with Crippen LogP contribution < -0.4 is 4.72 Å². The minimum Gasteiger partial charge on any atom is -0.462 e. The van der Waals surface area contributed by atoms with Crippen LogP contribution in [0.1, 0.15) is 22.8 Å². The molecule has 0 aliphatic carbocycles. The van der Waals surface area contributed by atoms with Gasteiger partial charge in [-0.1, -0.05) is 12.1 Å². The summed E-state index contributed by atoms with van der Waals surface area (Å²) >= 11 is 0. The van der Waals surface area contributed by atoms with Crippen LogP contribution in [0, 0.1) is 11.3 Å². The van der Waals surface area contributed by atoms with Gasteiger partial charge in [0.25, 0.3) is 10.0 Å². The standard InChI is InChI=1S/C16H14N2O4S/c1-2-22-16(19)12-7-9-14(10-8-12)23(20,21)18-15-6-4-3-5-13(15)11-17/h3-10,18H,2H2,1H3. The summed E-state index contributed by atoms with van der Waals surface area (Å²) in [6.07, 6.45) is 0. The normalized spacial score (nSPS) is 10.6. The summed E-state index contributed by atoms with van der Waals surface area (Å²) in [6, 6.07) is 13.6. The van der Waals surface area contributed by atoms with Gasteiger partial charge >= 0.3 is 5.97 Å². The van der Waals surface area contributed by atoms with Crippen molar-refractivity contribution in [2.45, 2.75) is 11.8 Å². The van der Waals surface area contributed by atoms with Crippen LogP contribution in [0.4, 0.5) is 5.69 Å². The first-order valence-corrected chi connectivity index (χ1v) is 8.25. The molecule has 0 atom stereocenters. The summed E-state index contributed by atoms with van der Waals surface area (Å²) in [6.45, 7) is 1.93. The van der Waals surface area contributed by atoms with Gasteiger partial charge in [0, 0.05) is 0 Å². The van der Waals surface area contributed by atoms with Crippen molar-refractivity contribution >= 4 is 21.7 Å². The van der Waals surface area contributed by atoms with E-state index in [1.54, 1.807) is 19.1 Å². The summed E-state index contributed by atoms with van der Waals surface area (Å²) in [7, 11) is -3.85. The Kier molecular flexibility index (Phi) is 4.98. The van der Waals surface area contributed by atoms with Gasteiger partial charge in [0.2, 0.25) is 0 Å². The van der Waals surface area contributed by atoms with E-state index in [1.807, 2.05) is 6.07 Å². The van der Waals surface area contributed by atoms with Gasteiger partial charge in [0.1, 0.15) is 6.07 Å². The number of rotatable bonds is 5. The smallest absolute Gasteiger partial charge is 0.338 e. The van der Waals surface area contributed by atoms with Crippen LogP contribution in [-0.2, 0) is 14.8 Å². The molecule has 0 fully saturated rings. The van der Waals surface area contributed by atoms with Crippen LogP contribution in [-0.4, -0.2) is 21.0 Å². The lowest BCUT2D eigenvalue weighted by Gasteiger charge is -2.09. The number of ether oxygens (including phenoxy) is 1. The zero-order valence-corrected chi connectivity index (χ0v) is 13.1. The Morgan fingerprint density at radius 2 is 1.83 bits per heavy atom. The third-order valence-electron chi connectivity index (χ3n) is 2.97. The quantitative estimate of drug-likeness (QED) is 0.850. The monoisotopic (exact) mass is 330 g/mol. The molecule has 0 heterocycles. The van der Waals surface area contributed by atoms with Gasteiger partial charge in [0.05, 0.1) is 28.3 Å². The molecular formula is C16H14N2O4S. The summed E-state index contributed by atoms with van der Waals surface area (Å²) in [5.41, 5.74) is 0.687. The second-order valence-corrected chi connectivity index (χ2v) is 6.19.